The van der Waals surface area contributed by atoms with Crippen LogP contribution >= 0.6 is 11.8 Å². The van der Waals surface area contributed by atoms with Gasteiger partial charge < -0.3 is 5.32 Å². The molecule has 5 heteroatoms. The highest BCUT2D eigenvalue weighted by atomic mass is 32.2. The molecule has 0 radical (unpaired) electrons. The van der Waals surface area contributed by atoms with Crippen molar-refractivity contribution in [2.75, 3.05) is 18.6 Å². The highest BCUT2D eigenvalue weighted by Crippen LogP contribution is 2.04. The maximum Gasteiger partial charge on any atom is 0.141 e. The van der Waals surface area contributed by atoms with Crippen molar-refractivity contribution >= 4 is 11.8 Å². The van der Waals surface area contributed by atoms with E-state index in [2.05, 4.69) is 35.5 Å². The molecule has 1 N–H and O–H groups in total. The van der Waals surface area contributed by atoms with Crippen molar-refractivity contribution in [2.24, 2.45) is 0 Å². The second-order valence-corrected chi connectivity index (χ2v) is 4.37. The van der Waals surface area contributed by atoms with Gasteiger partial charge in [-0.2, -0.15) is 16.9 Å². The van der Waals surface area contributed by atoms with E-state index in [1.165, 1.54) is 0 Å². The van der Waals surface area contributed by atoms with Crippen LogP contribution in [0.5, 0.6) is 0 Å². The average Bonchev–Trinajstić information content (AvgIpc) is 2.60. The Bertz CT molecular complexity index is 259. The van der Waals surface area contributed by atoms with E-state index in [1.807, 2.05) is 16.4 Å². The summed E-state index contributed by atoms with van der Waals surface area (Å²) in [4.78, 5) is 4.22. The van der Waals surface area contributed by atoms with Crippen molar-refractivity contribution in [3.8, 4) is 0 Å². The Morgan fingerprint density at radius 3 is 3.00 bits per heavy atom. The molecular formula is C9H18N4S. The highest BCUT2D eigenvalue weighted by Gasteiger charge is 2.05. The standard InChI is InChI=1S/C9H18N4S/c1-8(2)13-9(11-7-12-13)6-10-4-5-14-3/h7-8,10H,4-6H2,1-3H3. The van der Waals surface area contributed by atoms with E-state index in [1.54, 1.807) is 6.33 Å². The summed E-state index contributed by atoms with van der Waals surface area (Å²) in [5, 5.41) is 7.51. The van der Waals surface area contributed by atoms with Crippen LogP contribution in [-0.2, 0) is 6.54 Å². The minimum absolute atomic E-state index is 0.384. The van der Waals surface area contributed by atoms with Crippen molar-refractivity contribution in [1.82, 2.24) is 20.1 Å². The molecule has 0 spiro atoms. The molecule has 4 nitrogen and oxygen atoms in total. The molecule has 0 unspecified atom stereocenters. The summed E-state index contributed by atoms with van der Waals surface area (Å²) in [5.41, 5.74) is 0. The summed E-state index contributed by atoms with van der Waals surface area (Å²) < 4.78 is 1.95. The van der Waals surface area contributed by atoms with Gasteiger partial charge >= 0.3 is 0 Å². The molecule has 1 aromatic heterocycles. The summed E-state index contributed by atoms with van der Waals surface area (Å²) in [6.45, 7) is 6.05. The Kier molecular flexibility index (Phi) is 4.97. The minimum atomic E-state index is 0.384. The fraction of sp³-hybridized carbons (Fsp3) is 0.778. The number of thioether (sulfide) groups is 1. The van der Waals surface area contributed by atoms with Crippen LogP contribution in [0.3, 0.4) is 0 Å². The molecule has 1 heterocycles. The van der Waals surface area contributed by atoms with Gasteiger partial charge in [-0.3, -0.25) is 0 Å². The first-order chi connectivity index (χ1) is 6.75. The van der Waals surface area contributed by atoms with E-state index in [0.717, 1.165) is 24.7 Å². The van der Waals surface area contributed by atoms with E-state index in [0.29, 0.717) is 6.04 Å². The van der Waals surface area contributed by atoms with Crippen molar-refractivity contribution in [3.05, 3.63) is 12.2 Å². The fourth-order valence-corrected chi connectivity index (χ4v) is 1.55. The Balaban J connectivity index is 2.38. The monoisotopic (exact) mass is 214 g/mol. The van der Waals surface area contributed by atoms with Crippen LogP contribution in [0, 0.1) is 0 Å². The topological polar surface area (TPSA) is 42.7 Å². The zero-order chi connectivity index (χ0) is 10.4. The van der Waals surface area contributed by atoms with Gasteiger partial charge in [-0.05, 0) is 20.1 Å². The van der Waals surface area contributed by atoms with Crippen LogP contribution in [0.25, 0.3) is 0 Å². The molecule has 1 rings (SSSR count). The lowest BCUT2D eigenvalue weighted by Crippen LogP contribution is -2.20. The second-order valence-electron chi connectivity index (χ2n) is 3.38. The first-order valence-electron chi connectivity index (χ1n) is 4.83. The van der Waals surface area contributed by atoms with Crippen LogP contribution in [0.4, 0.5) is 0 Å². The molecule has 0 fully saturated rings. The third kappa shape index (κ3) is 3.31. The summed E-state index contributed by atoms with van der Waals surface area (Å²) in [6, 6.07) is 0.384. The lowest BCUT2D eigenvalue weighted by atomic mass is 10.4. The Morgan fingerprint density at radius 1 is 1.57 bits per heavy atom. The van der Waals surface area contributed by atoms with Gasteiger partial charge in [-0.25, -0.2) is 9.67 Å². The van der Waals surface area contributed by atoms with Gasteiger partial charge in [0.05, 0.1) is 6.54 Å². The quantitative estimate of drug-likeness (QED) is 0.725. The molecule has 0 bridgehead atoms. The van der Waals surface area contributed by atoms with Gasteiger partial charge in [0.15, 0.2) is 0 Å². The highest BCUT2D eigenvalue weighted by molar-refractivity contribution is 7.98. The van der Waals surface area contributed by atoms with Crippen molar-refractivity contribution in [3.63, 3.8) is 0 Å². The van der Waals surface area contributed by atoms with Crippen LogP contribution in [0.15, 0.2) is 6.33 Å². The van der Waals surface area contributed by atoms with Gasteiger partial charge in [0.25, 0.3) is 0 Å². The van der Waals surface area contributed by atoms with Gasteiger partial charge in [-0.1, -0.05) is 0 Å². The largest absolute Gasteiger partial charge is 0.309 e. The second kappa shape index (κ2) is 6.03. The van der Waals surface area contributed by atoms with E-state index < -0.39 is 0 Å². The molecule has 0 saturated heterocycles. The molecule has 0 aliphatic heterocycles. The van der Waals surface area contributed by atoms with Gasteiger partial charge in [-0.15, -0.1) is 0 Å². The molecule has 80 valence electrons. The Morgan fingerprint density at radius 2 is 2.36 bits per heavy atom. The zero-order valence-electron chi connectivity index (χ0n) is 9.03. The normalized spacial score (nSPS) is 11.1. The van der Waals surface area contributed by atoms with Crippen molar-refractivity contribution < 1.29 is 0 Å². The summed E-state index contributed by atoms with van der Waals surface area (Å²) in [7, 11) is 0. The number of nitrogens with one attached hydrogen (secondary N) is 1. The van der Waals surface area contributed by atoms with Gasteiger partial charge in [0, 0.05) is 18.3 Å². The SMILES string of the molecule is CSCCNCc1ncnn1C(C)C. The third-order valence-electron chi connectivity index (χ3n) is 1.90. The zero-order valence-corrected chi connectivity index (χ0v) is 9.84. The first kappa shape index (κ1) is 11.5. The lowest BCUT2D eigenvalue weighted by molar-refractivity contribution is 0.493. The molecule has 1 aromatic rings. The number of aromatic nitrogens is 3. The van der Waals surface area contributed by atoms with Crippen molar-refractivity contribution in [1.29, 1.82) is 0 Å². The molecule has 0 atom stereocenters. The van der Waals surface area contributed by atoms with E-state index in [4.69, 9.17) is 0 Å². The van der Waals surface area contributed by atoms with Crippen molar-refractivity contribution in [2.45, 2.75) is 26.4 Å². The van der Waals surface area contributed by atoms with Gasteiger partial charge in [0.2, 0.25) is 0 Å². The Hall–Kier alpha value is -0.550. The van der Waals surface area contributed by atoms with Crippen LogP contribution in [0.2, 0.25) is 0 Å². The summed E-state index contributed by atoms with van der Waals surface area (Å²) in [6.07, 6.45) is 3.73. The minimum Gasteiger partial charge on any atom is -0.309 e. The Labute approximate surface area is 89.5 Å². The number of hydrogen-bond acceptors (Lipinski definition) is 4. The predicted molar refractivity (Wildman–Crippen MR) is 60.5 cm³/mol. The smallest absolute Gasteiger partial charge is 0.141 e. The summed E-state index contributed by atoms with van der Waals surface area (Å²) >= 11 is 1.84. The molecule has 14 heavy (non-hydrogen) atoms. The van der Waals surface area contributed by atoms with E-state index >= 15 is 0 Å². The molecular weight excluding hydrogens is 196 g/mol. The molecule has 0 amide bonds. The maximum atomic E-state index is 4.22. The average molecular weight is 214 g/mol. The lowest BCUT2D eigenvalue weighted by Gasteiger charge is -2.09. The predicted octanol–water partition coefficient (Wildman–Crippen LogP) is 1.31. The van der Waals surface area contributed by atoms with E-state index in [-0.39, 0.29) is 0 Å². The molecule has 0 aromatic carbocycles. The summed E-state index contributed by atoms with van der Waals surface area (Å²) in [5.74, 6) is 2.15. The molecule has 0 aliphatic carbocycles. The number of hydrogen-bond donors (Lipinski definition) is 1. The molecule has 0 aliphatic rings. The van der Waals surface area contributed by atoms with Gasteiger partial charge in [0.1, 0.15) is 12.2 Å². The van der Waals surface area contributed by atoms with Crippen LogP contribution < -0.4 is 5.32 Å². The third-order valence-corrected chi connectivity index (χ3v) is 2.51. The number of nitrogens with zero attached hydrogens (tertiary/aromatic N) is 3. The van der Waals surface area contributed by atoms with Crippen LogP contribution in [-0.4, -0.2) is 33.3 Å². The van der Waals surface area contributed by atoms with E-state index in [9.17, 15) is 0 Å². The molecule has 0 saturated carbocycles. The fourth-order valence-electron chi connectivity index (χ4n) is 1.21. The maximum absolute atomic E-state index is 4.22. The van der Waals surface area contributed by atoms with Crippen LogP contribution in [0.1, 0.15) is 25.7 Å². The number of rotatable bonds is 6. The first-order valence-corrected chi connectivity index (χ1v) is 6.23.